The molecular weight excluding hydrogens is 550 g/mol. The second-order valence-electron chi connectivity index (χ2n) is 10.1. The molecule has 2 atom stereocenters. The van der Waals surface area contributed by atoms with Gasteiger partial charge in [0.15, 0.2) is 5.01 Å². The number of amides is 1. The molecule has 10 heteroatoms. The van der Waals surface area contributed by atoms with Gasteiger partial charge in [-0.2, -0.15) is 8.42 Å². The molecule has 1 unspecified atom stereocenters. The van der Waals surface area contributed by atoms with Crippen LogP contribution >= 0.6 is 27.3 Å². The van der Waals surface area contributed by atoms with Crippen LogP contribution in [0.2, 0.25) is 0 Å². The molecule has 2 aromatic heterocycles. The van der Waals surface area contributed by atoms with Crippen LogP contribution in [-0.2, 0) is 27.1 Å². The van der Waals surface area contributed by atoms with Crippen molar-refractivity contribution in [2.24, 2.45) is 11.3 Å². The largest absolute Gasteiger partial charge is 0.343 e. The van der Waals surface area contributed by atoms with Crippen molar-refractivity contribution >= 4 is 53.6 Å². The standard InChI is InChI=1S/C25H30BrN3O4S2/c1-25(2,3)17-7-10-19-16(13-17)14-21-23(28-19)34-24(29-21)22(30)27-20(11-12-33-35(4,31)32)15-5-8-18(26)9-6-15/h5-6,8-9,14,17,20H,7,10-13H2,1-4H3,(H,27,30)/t17-,20?/m0/s1. The highest BCUT2D eigenvalue weighted by atomic mass is 79.9. The zero-order valence-corrected chi connectivity index (χ0v) is 23.5. The summed E-state index contributed by atoms with van der Waals surface area (Å²) in [6.07, 6.45) is 4.35. The lowest BCUT2D eigenvalue weighted by Gasteiger charge is -2.34. The van der Waals surface area contributed by atoms with Gasteiger partial charge in [-0.05, 0) is 66.3 Å². The van der Waals surface area contributed by atoms with E-state index in [1.807, 2.05) is 24.3 Å². The summed E-state index contributed by atoms with van der Waals surface area (Å²) in [5, 5.41) is 3.34. The SMILES string of the molecule is CC(C)(C)[C@H]1CCc2nc3sc(C(=O)NC(CCOS(C)(=O)=O)c4ccc(Br)cc4)nc3cc2C1. The van der Waals surface area contributed by atoms with E-state index in [1.165, 1.54) is 16.9 Å². The topological polar surface area (TPSA) is 98.2 Å². The molecule has 0 radical (unpaired) electrons. The average molecular weight is 581 g/mol. The molecule has 0 aliphatic heterocycles. The number of halogens is 1. The minimum Gasteiger partial charge on any atom is -0.343 e. The van der Waals surface area contributed by atoms with Crippen molar-refractivity contribution < 1.29 is 17.4 Å². The Kier molecular flexibility index (Phi) is 7.66. The van der Waals surface area contributed by atoms with Crippen molar-refractivity contribution in [2.75, 3.05) is 12.9 Å². The number of thiazole rings is 1. The number of rotatable bonds is 7. The van der Waals surface area contributed by atoms with Gasteiger partial charge < -0.3 is 5.32 Å². The highest BCUT2D eigenvalue weighted by molar-refractivity contribution is 9.10. The van der Waals surface area contributed by atoms with Crippen molar-refractivity contribution in [3.63, 3.8) is 0 Å². The fourth-order valence-corrected chi connectivity index (χ4v) is 5.91. The molecule has 7 nitrogen and oxygen atoms in total. The van der Waals surface area contributed by atoms with Gasteiger partial charge in [0.05, 0.1) is 18.9 Å². The number of nitrogens with one attached hydrogen (secondary N) is 1. The molecule has 4 rings (SSSR count). The Morgan fingerprint density at radius 3 is 2.63 bits per heavy atom. The van der Waals surface area contributed by atoms with E-state index in [-0.39, 0.29) is 17.9 Å². The molecule has 1 aromatic carbocycles. The van der Waals surface area contributed by atoms with E-state index in [2.05, 4.69) is 53.1 Å². The third kappa shape index (κ3) is 6.67. The third-order valence-corrected chi connectivity index (χ3v) is 8.54. The van der Waals surface area contributed by atoms with Crippen molar-refractivity contribution in [1.82, 2.24) is 15.3 Å². The quantitative estimate of drug-likeness (QED) is 0.374. The van der Waals surface area contributed by atoms with Crippen LogP contribution in [0.3, 0.4) is 0 Å². The molecule has 1 amide bonds. The van der Waals surface area contributed by atoms with Gasteiger partial charge in [-0.3, -0.25) is 8.98 Å². The van der Waals surface area contributed by atoms with Crippen molar-refractivity contribution in [3.05, 3.63) is 56.6 Å². The fourth-order valence-electron chi connectivity index (χ4n) is 4.40. The predicted molar refractivity (Wildman–Crippen MR) is 142 cm³/mol. The molecule has 1 N–H and O–H groups in total. The summed E-state index contributed by atoms with van der Waals surface area (Å²) in [6.45, 7) is 6.80. The van der Waals surface area contributed by atoms with Crippen LogP contribution in [0.5, 0.6) is 0 Å². The number of pyridine rings is 1. The van der Waals surface area contributed by atoms with Gasteiger partial charge in [-0.15, -0.1) is 0 Å². The van der Waals surface area contributed by atoms with Crippen LogP contribution in [0.25, 0.3) is 10.3 Å². The zero-order chi connectivity index (χ0) is 25.4. The normalized spacial score (nSPS) is 17.2. The van der Waals surface area contributed by atoms with Gasteiger partial charge in [-0.25, -0.2) is 9.97 Å². The van der Waals surface area contributed by atoms with E-state index in [0.29, 0.717) is 17.3 Å². The highest BCUT2D eigenvalue weighted by Crippen LogP contribution is 2.38. The number of benzene rings is 1. The summed E-state index contributed by atoms with van der Waals surface area (Å²) in [6, 6.07) is 9.18. The maximum atomic E-state index is 13.2. The Bertz CT molecular complexity index is 1330. The van der Waals surface area contributed by atoms with Crippen LogP contribution < -0.4 is 5.32 Å². The molecule has 1 aliphatic carbocycles. The van der Waals surface area contributed by atoms with E-state index in [0.717, 1.165) is 51.6 Å². The fraction of sp³-hybridized carbons (Fsp3) is 0.480. The summed E-state index contributed by atoms with van der Waals surface area (Å²) >= 11 is 4.70. The summed E-state index contributed by atoms with van der Waals surface area (Å²) in [4.78, 5) is 23.4. The molecule has 0 bridgehead atoms. The molecule has 0 fully saturated rings. The number of aromatic nitrogens is 2. The number of carbonyl (C=O) groups excluding carboxylic acids is 1. The molecule has 0 saturated heterocycles. The highest BCUT2D eigenvalue weighted by Gasteiger charge is 2.30. The number of hydrogen-bond donors (Lipinski definition) is 1. The lowest BCUT2D eigenvalue weighted by atomic mass is 9.71. The van der Waals surface area contributed by atoms with Gasteiger partial charge in [0, 0.05) is 10.2 Å². The summed E-state index contributed by atoms with van der Waals surface area (Å²) < 4.78 is 28.6. The van der Waals surface area contributed by atoms with E-state index in [9.17, 15) is 13.2 Å². The van der Waals surface area contributed by atoms with Gasteiger partial charge in [0.2, 0.25) is 0 Å². The number of carbonyl (C=O) groups is 1. The first-order valence-electron chi connectivity index (χ1n) is 11.6. The molecule has 3 aromatic rings. The van der Waals surface area contributed by atoms with Crippen LogP contribution in [0, 0.1) is 11.3 Å². The number of aryl methyl sites for hydroxylation is 1. The van der Waals surface area contributed by atoms with Crippen LogP contribution in [0.15, 0.2) is 34.8 Å². The molecule has 35 heavy (non-hydrogen) atoms. The molecule has 1 aliphatic rings. The van der Waals surface area contributed by atoms with E-state index >= 15 is 0 Å². The first kappa shape index (κ1) is 26.2. The average Bonchev–Trinajstić information content (AvgIpc) is 3.18. The Labute approximate surface area is 219 Å². The molecule has 2 heterocycles. The Balaban J connectivity index is 1.54. The minimum atomic E-state index is -3.57. The maximum Gasteiger partial charge on any atom is 0.280 e. The van der Waals surface area contributed by atoms with Gasteiger partial charge >= 0.3 is 0 Å². The Morgan fingerprint density at radius 1 is 1.26 bits per heavy atom. The van der Waals surface area contributed by atoms with Crippen LogP contribution in [0.4, 0.5) is 0 Å². The van der Waals surface area contributed by atoms with Crippen molar-refractivity contribution in [2.45, 2.75) is 52.5 Å². The Morgan fingerprint density at radius 2 is 1.97 bits per heavy atom. The summed E-state index contributed by atoms with van der Waals surface area (Å²) in [7, 11) is -3.57. The first-order chi connectivity index (χ1) is 16.4. The number of hydrogen-bond acceptors (Lipinski definition) is 7. The lowest BCUT2D eigenvalue weighted by molar-refractivity contribution is 0.0931. The second kappa shape index (κ2) is 10.2. The van der Waals surface area contributed by atoms with Crippen LogP contribution in [0.1, 0.15) is 66.3 Å². The summed E-state index contributed by atoms with van der Waals surface area (Å²) in [5.74, 6) is 0.280. The summed E-state index contributed by atoms with van der Waals surface area (Å²) in [5.41, 5.74) is 4.17. The molecule has 0 saturated carbocycles. The van der Waals surface area contributed by atoms with E-state index in [1.54, 1.807) is 0 Å². The van der Waals surface area contributed by atoms with Crippen LogP contribution in [-0.4, -0.2) is 37.2 Å². The van der Waals surface area contributed by atoms with E-state index < -0.39 is 16.2 Å². The smallest absolute Gasteiger partial charge is 0.280 e. The molecule has 0 spiro atoms. The molecule has 188 valence electrons. The monoisotopic (exact) mass is 579 g/mol. The minimum absolute atomic E-state index is 0.0388. The molecular formula is C25H30BrN3O4S2. The van der Waals surface area contributed by atoms with Gasteiger partial charge in [-0.1, -0.05) is 60.2 Å². The number of nitrogens with zero attached hydrogens (tertiary/aromatic N) is 2. The lowest BCUT2D eigenvalue weighted by Crippen LogP contribution is -2.29. The van der Waals surface area contributed by atoms with Crippen molar-refractivity contribution in [1.29, 1.82) is 0 Å². The first-order valence-corrected chi connectivity index (χ1v) is 15.0. The maximum absolute atomic E-state index is 13.2. The van der Waals surface area contributed by atoms with Gasteiger partial charge in [0.1, 0.15) is 10.3 Å². The third-order valence-electron chi connectivity index (χ3n) is 6.45. The van der Waals surface area contributed by atoms with Gasteiger partial charge in [0.25, 0.3) is 16.0 Å². The number of fused-ring (bicyclic) bond motifs is 2. The predicted octanol–water partition coefficient (Wildman–Crippen LogP) is 5.44. The Hall–Kier alpha value is -1.88. The second-order valence-corrected chi connectivity index (χ2v) is 13.7. The van der Waals surface area contributed by atoms with E-state index in [4.69, 9.17) is 9.17 Å². The van der Waals surface area contributed by atoms with Crippen molar-refractivity contribution in [3.8, 4) is 0 Å². The zero-order valence-electron chi connectivity index (χ0n) is 20.3.